The monoisotopic (exact) mass is 574 g/mol. The van der Waals surface area contributed by atoms with Crippen LogP contribution in [0.4, 0.5) is 0 Å². The molecule has 0 amide bonds. The molecule has 38 heavy (non-hydrogen) atoms. The van der Waals surface area contributed by atoms with Gasteiger partial charge in [0.2, 0.25) is 0 Å². The standard InChI is InChI=1S/C34H54Si4/c1-15-24-21-26-23-27-30(29(26)28(22-24)35(3,4)5)32(36(6,7)8)33(37(9,10)11)34(16-2,38(12,13)14)31(27)25-19-17-18-20-25/h17-19,21-23H,15-16,20H2,1-14H3. The maximum absolute atomic E-state index is 2.68. The summed E-state index contributed by atoms with van der Waals surface area (Å²) in [5.41, 5.74) is 8.14. The molecule has 206 valence electrons. The zero-order valence-corrected chi connectivity index (χ0v) is 31.1. The van der Waals surface area contributed by atoms with E-state index >= 15 is 0 Å². The predicted molar refractivity (Wildman–Crippen MR) is 185 cm³/mol. The number of benzene rings is 1. The van der Waals surface area contributed by atoms with Gasteiger partial charge in [-0.3, -0.25) is 0 Å². The van der Waals surface area contributed by atoms with Gasteiger partial charge in [-0.2, -0.15) is 0 Å². The summed E-state index contributed by atoms with van der Waals surface area (Å²) in [5, 5.41) is 8.82. The maximum atomic E-state index is 2.68. The van der Waals surface area contributed by atoms with E-state index in [-0.39, 0.29) is 5.04 Å². The van der Waals surface area contributed by atoms with Crippen molar-refractivity contribution >= 4 is 49.1 Å². The number of aryl methyl sites for hydroxylation is 1. The van der Waals surface area contributed by atoms with Crippen LogP contribution >= 0.6 is 0 Å². The van der Waals surface area contributed by atoms with Gasteiger partial charge in [0.25, 0.3) is 0 Å². The summed E-state index contributed by atoms with van der Waals surface area (Å²) in [6, 6.07) is 5.16. The fourth-order valence-corrected chi connectivity index (χ4v) is 21.6. The lowest BCUT2D eigenvalue weighted by Gasteiger charge is -2.56. The third kappa shape index (κ3) is 4.51. The second kappa shape index (κ2) is 9.42. The van der Waals surface area contributed by atoms with Gasteiger partial charge in [-0.25, -0.2) is 0 Å². The van der Waals surface area contributed by atoms with Crippen LogP contribution in [0.5, 0.6) is 0 Å². The Hall–Kier alpha value is -1.21. The van der Waals surface area contributed by atoms with Gasteiger partial charge in [0.1, 0.15) is 0 Å². The van der Waals surface area contributed by atoms with E-state index < -0.39 is 32.3 Å². The van der Waals surface area contributed by atoms with Crippen molar-refractivity contribution in [1.82, 2.24) is 0 Å². The zero-order chi connectivity index (χ0) is 28.6. The van der Waals surface area contributed by atoms with E-state index in [9.17, 15) is 0 Å². The minimum Gasteiger partial charge on any atom is -0.0801 e. The minimum absolute atomic E-state index is 0.190. The Bertz CT molecular complexity index is 1420. The summed E-state index contributed by atoms with van der Waals surface area (Å²) in [7, 11) is -6.72. The molecule has 1 aromatic rings. The summed E-state index contributed by atoms with van der Waals surface area (Å²) in [4.78, 5) is 0. The van der Waals surface area contributed by atoms with Crippen molar-refractivity contribution in [2.45, 2.75) is 117 Å². The van der Waals surface area contributed by atoms with Gasteiger partial charge in [-0.15, -0.1) is 0 Å². The van der Waals surface area contributed by atoms with Crippen LogP contribution in [0.3, 0.4) is 0 Å². The largest absolute Gasteiger partial charge is 0.0801 e. The molecule has 0 heterocycles. The van der Waals surface area contributed by atoms with E-state index in [1.54, 1.807) is 32.7 Å². The zero-order valence-electron chi connectivity index (χ0n) is 27.1. The van der Waals surface area contributed by atoms with Crippen LogP contribution in [0, 0.1) is 0 Å². The van der Waals surface area contributed by atoms with Crippen LogP contribution < -0.4 is 15.6 Å². The van der Waals surface area contributed by atoms with E-state index in [0.717, 1.165) is 12.8 Å². The highest BCUT2D eigenvalue weighted by Gasteiger charge is 2.57. The van der Waals surface area contributed by atoms with Gasteiger partial charge in [-0.1, -0.05) is 138 Å². The molecular weight excluding hydrogens is 521 g/mol. The number of hydrogen-bond donors (Lipinski definition) is 0. The minimum atomic E-state index is -1.71. The first-order valence-electron chi connectivity index (χ1n) is 15.1. The average Bonchev–Trinajstić information content (AvgIpc) is 3.41. The Morgan fingerprint density at radius 3 is 1.84 bits per heavy atom. The topological polar surface area (TPSA) is 0 Å². The summed E-state index contributed by atoms with van der Waals surface area (Å²) in [6.45, 7) is 36.5. The summed E-state index contributed by atoms with van der Waals surface area (Å²) in [6.07, 6.45) is 13.3. The van der Waals surface area contributed by atoms with Gasteiger partial charge in [0.05, 0.1) is 32.3 Å². The van der Waals surface area contributed by atoms with E-state index in [2.05, 4.69) is 129 Å². The van der Waals surface area contributed by atoms with Crippen LogP contribution in [0.2, 0.25) is 83.6 Å². The van der Waals surface area contributed by atoms with Gasteiger partial charge in [-0.05, 0) is 63.6 Å². The highest BCUT2D eigenvalue weighted by atomic mass is 28.3. The highest BCUT2D eigenvalue weighted by Crippen LogP contribution is 2.66. The number of rotatable bonds is 7. The van der Waals surface area contributed by atoms with Crippen LogP contribution in [0.15, 0.2) is 57.5 Å². The van der Waals surface area contributed by atoms with E-state index in [4.69, 9.17) is 0 Å². The fraction of sp³-hybridized carbons (Fsp3) is 0.529. The molecule has 0 fully saturated rings. The summed E-state index contributed by atoms with van der Waals surface area (Å²) >= 11 is 0. The molecule has 1 atom stereocenters. The summed E-state index contributed by atoms with van der Waals surface area (Å²) in [5.74, 6) is 0. The van der Waals surface area contributed by atoms with E-state index in [1.165, 1.54) is 17.2 Å². The Labute approximate surface area is 238 Å². The lowest BCUT2D eigenvalue weighted by Crippen LogP contribution is -2.55. The second-order valence-electron chi connectivity index (χ2n) is 16.1. The Morgan fingerprint density at radius 2 is 1.42 bits per heavy atom. The molecule has 4 heteroatoms. The lowest BCUT2D eigenvalue weighted by molar-refractivity contribution is 0.694. The molecule has 0 aliphatic heterocycles. The number of allylic oxidation sites excluding steroid dienone is 8. The van der Waals surface area contributed by atoms with Crippen LogP contribution in [-0.2, 0) is 6.42 Å². The number of hydrogen-bond acceptors (Lipinski definition) is 0. The van der Waals surface area contributed by atoms with Crippen LogP contribution in [-0.4, -0.2) is 32.3 Å². The predicted octanol–water partition coefficient (Wildman–Crippen LogP) is 8.48. The molecular formula is C34H54Si4. The first-order valence-corrected chi connectivity index (χ1v) is 29.1. The molecule has 0 bridgehead atoms. The average molecular weight is 575 g/mol. The highest BCUT2D eigenvalue weighted by molar-refractivity contribution is 6.95. The molecule has 3 aliphatic carbocycles. The van der Waals surface area contributed by atoms with Gasteiger partial charge < -0.3 is 0 Å². The molecule has 0 saturated heterocycles. The molecule has 3 aliphatic rings. The van der Waals surface area contributed by atoms with Crippen molar-refractivity contribution in [3.05, 3.63) is 73.5 Å². The molecule has 0 nitrogen and oxygen atoms in total. The maximum Gasteiger partial charge on any atom is 0.0784 e. The van der Waals surface area contributed by atoms with Gasteiger partial charge >= 0.3 is 0 Å². The molecule has 0 aromatic heterocycles. The van der Waals surface area contributed by atoms with Gasteiger partial charge in [0, 0.05) is 5.04 Å². The normalized spacial score (nSPS) is 22.2. The molecule has 0 radical (unpaired) electrons. The van der Waals surface area contributed by atoms with Crippen molar-refractivity contribution < 1.29 is 0 Å². The Morgan fingerprint density at radius 1 is 0.789 bits per heavy atom. The third-order valence-corrected chi connectivity index (χ3v) is 19.4. The molecule has 1 unspecified atom stereocenters. The lowest BCUT2D eigenvalue weighted by atomic mass is 9.78. The second-order valence-corrected chi connectivity index (χ2v) is 36.5. The van der Waals surface area contributed by atoms with Gasteiger partial charge in [0.15, 0.2) is 0 Å². The SMILES string of the molecule is CCc1cc([Si](C)(C)C)c2c(c1)=CC1=C(C3=CC=CC3)C(CC)([Si](C)(C)C)C([Si](C)(C)C)=C([Si](C)(C)C)C=21. The summed E-state index contributed by atoms with van der Waals surface area (Å²) < 4.78 is 0. The molecule has 0 spiro atoms. The van der Waals surface area contributed by atoms with Crippen molar-refractivity contribution in [2.75, 3.05) is 0 Å². The van der Waals surface area contributed by atoms with Crippen molar-refractivity contribution in [1.29, 1.82) is 0 Å². The fourth-order valence-electron chi connectivity index (χ4n) is 7.91. The van der Waals surface area contributed by atoms with Crippen LogP contribution in [0.25, 0.3) is 11.6 Å². The van der Waals surface area contributed by atoms with Crippen molar-refractivity contribution in [3.8, 4) is 0 Å². The quantitative estimate of drug-likeness (QED) is 0.286. The van der Waals surface area contributed by atoms with E-state index in [0.29, 0.717) is 0 Å². The molecule has 1 aromatic carbocycles. The first-order chi connectivity index (χ1) is 17.3. The molecule has 0 N–H and O–H groups in total. The molecule has 0 saturated carbocycles. The Kier molecular flexibility index (Phi) is 7.38. The molecule has 4 rings (SSSR count). The van der Waals surface area contributed by atoms with Crippen LogP contribution in [0.1, 0.15) is 32.3 Å². The smallest absolute Gasteiger partial charge is 0.0784 e. The van der Waals surface area contributed by atoms with Crippen molar-refractivity contribution in [3.63, 3.8) is 0 Å². The first kappa shape index (κ1) is 29.8. The Balaban J connectivity index is 2.43. The third-order valence-electron chi connectivity index (χ3n) is 9.29. The van der Waals surface area contributed by atoms with Crippen molar-refractivity contribution in [2.24, 2.45) is 0 Å². The number of fused-ring (bicyclic) bond motifs is 2. The van der Waals surface area contributed by atoms with E-state index in [1.807, 2.05) is 10.4 Å².